The van der Waals surface area contributed by atoms with Gasteiger partial charge in [0.05, 0.1) is 18.0 Å². The molecule has 0 aliphatic carbocycles. The number of nitrogens with one attached hydrogen (secondary N) is 1. The fourth-order valence-corrected chi connectivity index (χ4v) is 3.43. The van der Waals surface area contributed by atoms with E-state index < -0.39 is 0 Å². The largest absolute Gasteiger partial charge is 0.504 e. The fraction of sp³-hybridized carbons (Fsp3) is 0.0400. The van der Waals surface area contributed by atoms with Crippen molar-refractivity contribution >= 4 is 27.7 Å². The SMILES string of the molecule is COc1cc(-c2cc(=NNc3ccc4ccccc4n3)c3ccccc3o2)ccc1O. The van der Waals surface area contributed by atoms with Crippen molar-refractivity contribution in [1.29, 1.82) is 0 Å². The molecule has 2 aromatic heterocycles. The van der Waals surface area contributed by atoms with Gasteiger partial charge in [0.15, 0.2) is 11.5 Å². The highest BCUT2D eigenvalue weighted by Gasteiger charge is 2.09. The quantitative estimate of drug-likeness (QED) is 0.394. The van der Waals surface area contributed by atoms with Gasteiger partial charge in [0.1, 0.15) is 17.2 Å². The molecule has 5 rings (SSSR count). The first kappa shape index (κ1) is 18.7. The van der Waals surface area contributed by atoms with E-state index in [1.807, 2.05) is 66.7 Å². The normalized spacial score (nSPS) is 11.7. The van der Waals surface area contributed by atoms with E-state index in [9.17, 15) is 5.11 Å². The number of para-hydroxylation sites is 2. The van der Waals surface area contributed by atoms with Crippen molar-refractivity contribution in [2.24, 2.45) is 5.10 Å². The molecular formula is C25H19N3O3. The Bertz CT molecular complexity index is 1470. The van der Waals surface area contributed by atoms with E-state index in [0.29, 0.717) is 28.3 Å². The van der Waals surface area contributed by atoms with Crippen molar-refractivity contribution in [3.05, 3.63) is 90.3 Å². The lowest BCUT2D eigenvalue weighted by Crippen LogP contribution is -2.08. The standard InChI is InChI=1S/C25H19N3O3/c1-30-24-14-17(10-12-21(24)29)23-15-20(18-7-3-5-9-22(18)31-23)27-28-25-13-11-16-6-2-4-8-19(16)26-25/h2-15,29H,1H3,(H,26,28). The zero-order chi connectivity index (χ0) is 21.2. The molecule has 0 amide bonds. The molecule has 2 N–H and O–H groups in total. The molecule has 0 atom stereocenters. The van der Waals surface area contributed by atoms with Crippen LogP contribution >= 0.6 is 0 Å². The van der Waals surface area contributed by atoms with Gasteiger partial charge < -0.3 is 14.3 Å². The number of aromatic hydroxyl groups is 1. The van der Waals surface area contributed by atoms with Crippen molar-refractivity contribution in [2.75, 3.05) is 12.5 Å². The molecule has 6 nitrogen and oxygen atoms in total. The van der Waals surface area contributed by atoms with Crippen molar-refractivity contribution < 1.29 is 14.3 Å². The number of ether oxygens (including phenoxy) is 1. The molecule has 3 aromatic carbocycles. The molecule has 0 radical (unpaired) electrons. The molecule has 0 saturated heterocycles. The summed E-state index contributed by atoms with van der Waals surface area (Å²) in [6, 6.07) is 26.5. The number of hydrogen-bond acceptors (Lipinski definition) is 6. The van der Waals surface area contributed by atoms with Crippen molar-refractivity contribution in [2.45, 2.75) is 0 Å². The van der Waals surface area contributed by atoms with Crippen LogP contribution in [0.5, 0.6) is 11.5 Å². The summed E-state index contributed by atoms with van der Waals surface area (Å²) >= 11 is 0. The van der Waals surface area contributed by atoms with E-state index >= 15 is 0 Å². The number of aromatic nitrogens is 1. The van der Waals surface area contributed by atoms with Crippen molar-refractivity contribution in [3.63, 3.8) is 0 Å². The number of phenols is 1. The lowest BCUT2D eigenvalue weighted by Gasteiger charge is -2.08. The summed E-state index contributed by atoms with van der Waals surface area (Å²) in [5, 5.41) is 17.2. The lowest BCUT2D eigenvalue weighted by atomic mass is 10.1. The Kier molecular flexibility index (Phi) is 4.72. The summed E-state index contributed by atoms with van der Waals surface area (Å²) in [6.45, 7) is 0. The van der Waals surface area contributed by atoms with Crippen LogP contribution in [0.2, 0.25) is 0 Å². The van der Waals surface area contributed by atoms with Gasteiger partial charge in [-0.3, -0.25) is 5.43 Å². The fourth-order valence-electron chi connectivity index (χ4n) is 3.43. The van der Waals surface area contributed by atoms with Gasteiger partial charge in [-0.2, -0.15) is 5.10 Å². The number of fused-ring (bicyclic) bond motifs is 2. The number of nitrogens with zero attached hydrogens (tertiary/aromatic N) is 2. The van der Waals surface area contributed by atoms with Gasteiger partial charge in [-0.1, -0.05) is 30.3 Å². The van der Waals surface area contributed by atoms with Crippen LogP contribution < -0.4 is 15.5 Å². The number of hydrogen-bond donors (Lipinski definition) is 2. The molecule has 5 aromatic rings. The molecule has 0 aliphatic heterocycles. The van der Waals surface area contributed by atoms with Gasteiger partial charge in [0.2, 0.25) is 0 Å². The predicted octanol–water partition coefficient (Wildman–Crippen LogP) is 5.29. The Labute approximate surface area is 178 Å². The molecule has 0 spiro atoms. The number of methoxy groups -OCH3 is 1. The molecule has 0 saturated carbocycles. The van der Waals surface area contributed by atoms with Gasteiger partial charge in [-0.05, 0) is 48.5 Å². The minimum Gasteiger partial charge on any atom is -0.504 e. The molecular weight excluding hydrogens is 390 g/mol. The third-order valence-electron chi connectivity index (χ3n) is 5.00. The van der Waals surface area contributed by atoms with Crippen LogP contribution in [0.15, 0.2) is 94.4 Å². The number of pyridine rings is 1. The third kappa shape index (κ3) is 3.67. The molecule has 152 valence electrons. The Hall–Kier alpha value is -4.32. The highest BCUT2D eigenvalue weighted by Crippen LogP contribution is 2.32. The van der Waals surface area contributed by atoms with Crippen LogP contribution in [0, 0.1) is 0 Å². The van der Waals surface area contributed by atoms with E-state index in [4.69, 9.17) is 9.15 Å². The topological polar surface area (TPSA) is 79.9 Å². The molecule has 0 unspecified atom stereocenters. The predicted molar refractivity (Wildman–Crippen MR) is 121 cm³/mol. The van der Waals surface area contributed by atoms with E-state index in [1.165, 1.54) is 7.11 Å². The zero-order valence-electron chi connectivity index (χ0n) is 16.7. The Balaban J connectivity index is 1.61. The smallest absolute Gasteiger partial charge is 0.161 e. The summed E-state index contributed by atoms with van der Waals surface area (Å²) in [5.74, 6) is 1.69. The van der Waals surface area contributed by atoms with Crippen LogP contribution in [-0.4, -0.2) is 17.2 Å². The summed E-state index contributed by atoms with van der Waals surface area (Å²) in [4.78, 5) is 4.61. The number of anilines is 1. The van der Waals surface area contributed by atoms with Crippen LogP contribution in [0.4, 0.5) is 5.82 Å². The van der Waals surface area contributed by atoms with Crippen molar-refractivity contribution in [1.82, 2.24) is 4.98 Å². The number of phenolic OH excluding ortho intramolecular Hbond substituents is 1. The maximum absolute atomic E-state index is 9.90. The minimum atomic E-state index is 0.0704. The Morgan fingerprint density at radius 2 is 1.77 bits per heavy atom. The summed E-state index contributed by atoms with van der Waals surface area (Å²) < 4.78 is 11.3. The van der Waals surface area contributed by atoms with Gasteiger partial charge in [0, 0.05) is 22.4 Å². The first-order valence-electron chi connectivity index (χ1n) is 9.77. The Morgan fingerprint density at radius 3 is 2.68 bits per heavy atom. The lowest BCUT2D eigenvalue weighted by molar-refractivity contribution is 0.373. The van der Waals surface area contributed by atoms with E-state index in [0.717, 1.165) is 21.9 Å². The first-order chi connectivity index (χ1) is 15.2. The monoisotopic (exact) mass is 409 g/mol. The van der Waals surface area contributed by atoms with Crippen molar-refractivity contribution in [3.8, 4) is 22.8 Å². The average molecular weight is 409 g/mol. The van der Waals surface area contributed by atoms with E-state index in [-0.39, 0.29) is 5.75 Å². The average Bonchev–Trinajstić information content (AvgIpc) is 2.82. The molecule has 2 heterocycles. The molecule has 0 fully saturated rings. The molecule has 0 bridgehead atoms. The van der Waals surface area contributed by atoms with Crippen LogP contribution in [0.25, 0.3) is 33.2 Å². The highest BCUT2D eigenvalue weighted by atomic mass is 16.5. The second-order valence-corrected chi connectivity index (χ2v) is 6.99. The second-order valence-electron chi connectivity index (χ2n) is 6.99. The minimum absolute atomic E-state index is 0.0704. The maximum atomic E-state index is 9.90. The molecule has 31 heavy (non-hydrogen) atoms. The van der Waals surface area contributed by atoms with Crippen LogP contribution in [0.1, 0.15) is 0 Å². The maximum Gasteiger partial charge on any atom is 0.161 e. The molecule has 0 aliphatic rings. The van der Waals surface area contributed by atoms with Gasteiger partial charge in [-0.25, -0.2) is 4.98 Å². The van der Waals surface area contributed by atoms with E-state index in [1.54, 1.807) is 18.2 Å². The first-order valence-corrected chi connectivity index (χ1v) is 9.77. The summed E-state index contributed by atoms with van der Waals surface area (Å²) in [6.07, 6.45) is 0. The third-order valence-corrected chi connectivity index (χ3v) is 5.00. The Morgan fingerprint density at radius 1 is 0.935 bits per heavy atom. The second kappa shape index (κ2) is 7.84. The summed E-state index contributed by atoms with van der Waals surface area (Å²) in [5.41, 5.74) is 5.42. The van der Waals surface area contributed by atoms with Gasteiger partial charge in [0.25, 0.3) is 0 Å². The number of rotatable bonds is 4. The highest BCUT2D eigenvalue weighted by molar-refractivity contribution is 5.80. The van der Waals surface area contributed by atoms with E-state index in [2.05, 4.69) is 15.5 Å². The number of benzene rings is 3. The van der Waals surface area contributed by atoms with Crippen LogP contribution in [-0.2, 0) is 0 Å². The van der Waals surface area contributed by atoms with Crippen LogP contribution in [0.3, 0.4) is 0 Å². The van der Waals surface area contributed by atoms with Gasteiger partial charge >= 0.3 is 0 Å². The zero-order valence-corrected chi connectivity index (χ0v) is 16.7. The van der Waals surface area contributed by atoms with Gasteiger partial charge in [-0.15, -0.1) is 0 Å². The molecule has 6 heteroatoms. The summed E-state index contributed by atoms with van der Waals surface area (Å²) in [7, 11) is 1.51.